The molecule has 8 heteroatoms. The fourth-order valence-corrected chi connectivity index (χ4v) is 2.24. The molecule has 1 N–H and O–H groups in total. The second-order valence-electron chi connectivity index (χ2n) is 5.76. The summed E-state index contributed by atoms with van der Waals surface area (Å²) in [6.45, 7) is 1.36. The second-order valence-corrected chi connectivity index (χ2v) is 5.76. The number of amides is 1. The average molecular weight is 393 g/mol. The summed E-state index contributed by atoms with van der Waals surface area (Å²) in [5.74, 6) is -1.57. The number of esters is 1. The first-order valence-electron chi connectivity index (χ1n) is 8.28. The van der Waals surface area contributed by atoms with Crippen LogP contribution >= 0.6 is 0 Å². The third-order valence-corrected chi connectivity index (χ3v) is 3.55. The number of alkyl halides is 3. The lowest BCUT2D eigenvalue weighted by Gasteiger charge is -2.13. The summed E-state index contributed by atoms with van der Waals surface area (Å²) in [5.41, 5.74) is 1.38. The van der Waals surface area contributed by atoms with Crippen LogP contribution in [0, 0.1) is 0 Å². The van der Waals surface area contributed by atoms with E-state index in [0.717, 1.165) is 23.8 Å². The molecule has 1 amide bonds. The maximum atomic E-state index is 12.1. The molecular weight excluding hydrogens is 375 g/mol. The third-order valence-electron chi connectivity index (χ3n) is 3.55. The summed E-state index contributed by atoms with van der Waals surface area (Å²) in [4.78, 5) is 23.5. The standard InChI is InChI=1S/C20H18F3NO4/c1-14(16-5-3-2-4-6-16)24-18(25)13-27-19(26)12-9-15-7-10-17(11-8-15)28-20(21,22)23/h2-12,14H,13H2,1H3,(H,24,25)/b12-9+/t14-/m1/s1. The van der Waals surface area contributed by atoms with Crippen molar-refractivity contribution in [3.05, 3.63) is 71.8 Å². The van der Waals surface area contributed by atoms with Crippen LogP contribution in [0.2, 0.25) is 0 Å². The number of hydrogen-bond acceptors (Lipinski definition) is 4. The molecule has 0 aliphatic carbocycles. The van der Waals surface area contributed by atoms with Gasteiger partial charge in [0.15, 0.2) is 6.61 Å². The molecule has 0 aromatic heterocycles. The molecule has 0 spiro atoms. The van der Waals surface area contributed by atoms with Gasteiger partial charge >= 0.3 is 12.3 Å². The first-order chi connectivity index (χ1) is 13.2. The number of rotatable bonds is 7. The molecule has 0 saturated carbocycles. The predicted molar refractivity (Wildman–Crippen MR) is 96.1 cm³/mol. The van der Waals surface area contributed by atoms with Crippen LogP contribution in [0.25, 0.3) is 6.08 Å². The number of hydrogen-bond donors (Lipinski definition) is 1. The van der Waals surface area contributed by atoms with E-state index in [2.05, 4.69) is 10.1 Å². The van der Waals surface area contributed by atoms with Gasteiger partial charge in [0.2, 0.25) is 0 Å². The van der Waals surface area contributed by atoms with Crippen LogP contribution in [0.5, 0.6) is 5.75 Å². The van der Waals surface area contributed by atoms with Crippen LogP contribution in [0.15, 0.2) is 60.7 Å². The van der Waals surface area contributed by atoms with Gasteiger partial charge < -0.3 is 14.8 Å². The van der Waals surface area contributed by atoms with E-state index in [-0.39, 0.29) is 11.8 Å². The maximum absolute atomic E-state index is 12.1. The van der Waals surface area contributed by atoms with Crippen molar-refractivity contribution >= 4 is 18.0 Å². The molecule has 0 unspecified atom stereocenters. The van der Waals surface area contributed by atoms with Crippen LogP contribution in [0.3, 0.4) is 0 Å². The van der Waals surface area contributed by atoms with E-state index in [1.54, 1.807) is 6.92 Å². The minimum Gasteiger partial charge on any atom is -0.452 e. The molecule has 0 heterocycles. The Morgan fingerprint density at radius 3 is 2.32 bits per heavy atom. The SMILES string of the molecule is C[C@@H](NC(=O)COC(=O)/C=C/c1ccc(OC(F)(F)F)cc1)c1ccccc1. The molecule has 28 heavy (non-hydrogen) atoms. The van der Waals surface area contributed by atoms with Gasteiger partial charge in [0, 0.05) is 6.08 Å². The monoisotopic (exact) mass is 393 g/mol. The van der Waals surface area contributed by atoms with Gasteiger partial charge in [-0.15, -0.1) is 13.2 Å². The van der Waals surface area contributed by atoms with Gasteiger partial charge in [-0.3, -0.25) is 4.79 Å². The van der Waals surface area contributed by atoms with Gasteiger partial charge in [0.1, 0.15) is 5.75 Å². The largest absolute Gasteiger partial charge is 0.573 e. The quantitative estimate of drug-likeness (QED) is 0.570. The van der Waals surface area contributed by atoms with Gasteiger partial charge in [-0.1, -0.05) is 42.5 Å². The van der Waals surface area contributed by atoms with E-state index in [9.17, 15) is 22.8 Å². The Morgan fingerprint density at radius 1 is 1.07 bits per heavy atom. The van der Waals surface area contributed by atoms with Gasteiger partial charge in [-0.25, -0.2) is 4.79 Å². The summed E-state index contributed by atoms with van der Waals surface area (Å²) in [6.07, 6.45) is -2.34. The molecule has 0 aliphatic rings. The van der Waals surface area contributed by atoms with E-state index < -0.39 is 24.8 Å². The van der Waals surface area contributed by atoms with E-state index in [1.807, 2.05) is 30.3 Å². The lowest BCUT2D eigenvalue weighted by Crippen LogP contribution is -2.30. The van der Waals surface area contributed by atoms with Crippen LogP contribution in [-0.2, 0) is 14.3 Å². The highest BCUT2D eigenvalue weighted by Gasteiger charge is 2.30. The van der Waals surface area contributed by atoms with E-state index >= 15 is 0 Å². The fourth-order valence-electron chi connectivity index (χ4n) is 2.24. The summed E-state index contributed by atoms with van der Waals surface area (Å²) in [5, 5.41) is 2.70. The summed E-state index contributed by atoms with van der Waals surface area (Å²) < 4.78 is 44.9. The first kappa shape index (κ1) is 21.0. The highest BCUT2D eigenvalue weighted by Crippen LogP contribution is 2.23. The molecule has 0 saturated heterocycles. The maximum Gasteiger partial charge on any atom is 0.573 e. The Labute approximate surface area is 159 Å². The number of nitrogens with one attached hydrogen (secondary N) is 1. The summed E-state index contributed by atoms with van der Waals surface area (Å²) in [6, 6.07) is 14.0. The Balaban J connectivity index is 1.77. The molecule has 2 aromatic carbocycles. The number of halogens is 3. The van der Waals surface area contributed by atoms with Crippen molar-refractivity contribution in [2.45, 2.75) is 19.3 Å². The third kappa shape index (κ3) is 7.53. The lowest BCUT2D eigenvalue weighted by atomic mass is 10.1. The molecule has 2 rings (SSSR count). The smallest absolute Gasteiger partial charge is 0.452 e. The molecule has 148 valence electrons. The van der Waals surface area contributed by atoms with Crippen molar-refractivity contribution in [1.82, 2.24) is 5.32 Å². The van der Waals surface area contributed by atoms with Crippen molar-refractivity contribution in [2.75, 3.05) is 6.61 Å². The molecule has 0 radical (unpaired) electrons. The Kier molecular flexibility index (Phi) is 7.20. The minimum atomic E-state index is -4.76. The average Bonchev–Trinajstić information content (AvgIpc) is 2.65. The van der Waals surface area contributed by atoms with Crippen molar-refractivity contribution < 1.29 is 32.2 Å². The number of benzene rings is 2. The fraction of sp³-hybridized carbons (Fsp3) is 0.200. The van der Waals surface area contributed by atoms with Crippen LogP contribution in [0.1, 0.15) is 24.1 Å². The zero-order valence-corrected chi connectivity index (χ0v) is 14.9. The predicted octanol–water partition coefficient (Wildman–Crippen LogP) is 4.02. The Morgan fingerprint density at radius 2 is 1.71 bits per heavy atom. The molecule has 0 bridgehead atoms. The highest BCUT2D eigenvalue weighted by atomic mass is 19.4. The van der Waals surface area contributed by atoms with Crippen LogP contribution < -0.4 is 10.1 Å². The first-order valence-corrected chi connectivity index (χ1v) is 8.28. The van der Waals surface area contributed by atoms with Gasteiger partial charge in [-0.05, 0) is 36.3 Å². The molecule has 0 fully saturated rings. The van der Waals surface area contributed by atoms with Crippen molar-refractivity contribution in [2.24, 2.45) is 0 Å². The van der Waals surface area contributed by atoms with E-state index in [4.69, 9.17) is 4.74 Å². The Hall–Kier alpha value is -3.29. The number of carbonyl (C=O) groups is 2. The van der Waals surface area contributed by atoms with Crippen LogP contribution in [0.4, 0.5) is 13.2 Å². The van der Waals surface area contributed by atoms with Gasteiger partial charge in [-0.2, -0.15) is 0 Å². The summed E-state index contributed by atoms with van der Waals surface area (Å²) >= 11 is 0. The Bertz CT molecular complexity index is 818. The summed E-state index contributed by atoms with van der Waals surface area (Å²) in [7, 11) is 0. The zero-order valence-electron chi connectivity index (χ0n) is 14.9. The molecular formula is C20H18F3NO4. The van der Waals surface area contributed by atoms with Crippen molar-refractivity contribution in [3.63, 3.8) is 0 Å². The van der Waals surface area contributed by atoms with Gasteiger partial charge in [0.25, 0.3) is 5.91 Å². The molecule has 1 atom stereocenters. The molecule has 0 aliphatic heterocycles. The van der Waals surface area contributed by atoms with Crippen LogP contribution in [-0.4, -0.2) is 24.8 Å². The highest BCUT2D eigenvalue weighted by molar-refractivity contribution is 5.89. The van der Waals surface area contributed by atoms with Crippen molar-refractivity contribution in [3.8, 4) is 5.75 Å². The number of ether oxygens (including phenoxy) is 2. The van der Waals surface area contributed by atoms with Gasteiger partial charge in [0.05, 0.1) is 6.04 Å². The van der Waals surface area contributed by atoms with E-state index in [1.165, 1.54) is 18.2 Å². The topological polar surface area (TPSA) is 64.6 Å². The van der Waals surface area contributed by atoms with E-state index in [0.29, 0.717) is 5.56 Å². The lowest BCUT2D eigenvalue weighted by molar-refractivity contribution is -0.274. The minimum absolute atomic E-state index is 0.236. The number of carbonyl (C=O) groups excluding carboxylic acids is 2. The van der Waals surface area contributed by atoms with Crippen molar-refractivity contribution in [1.29, 1.82) is 0 Å². The normalized spacial score (nSPS) is 12.4. The zero-order chi connectivity index (χ0) is 20.6. The molecule has 5 nitrogen and oxygen atoms in total. The molecule has 2 aromatic rings. The second kappa shape index (κ2) is 9.59.